The summed E-state index contributed by atoms with van der Waals surface area (Å²) in [6.07, 6.45) is 2.79. The third-order valence-electron chi connectivity index (χ3n) is 3.90. The van der Waals surface area contributed by atoms with Gasteiger partial charge in [0, 0.05) is 11.3 Å². The molecule has 0 radical (unpaired) electrons. The average Bonchev–Trinajstić information content (AvgIpc) is 2.56. The maximum Gasteiger partial charge on any atom is 0.255 e. The highest BCUT2D eigenvalue weighted by atomic mass is 16.5. The van der Waals surface area contributed by atoms with Crippen LogP contribution in [0.3, 0.4) is 0 Å². The third-order valence-corrected chi connectivity index (χ3v) is 3.90. The van der Waals surface area contributed by atoms with E-state index in [2.05, 4.69) is 12.2 Å². The van der Waals surface area contributed by atoms with E-state index in [1.807, 2.05) is 55.5 Å². The zero-order valence-corrected chi connectivity index (χ0v) is 12.8. The van der Waals surface area contributed by atoms with Crippen LogP contribution in [0.15, 0.2) is 48.0 Å². The number of carbonyl (C=O) groups is 1. The number of rotatable bonds is 3. The lowest BCUT2D eigenvalue weighted by Gasteiger charge is -2.19. The predicted octanol–water partition coefficient (Wildman–Crippen LogP) is 3.97. The summed E-state index contributed by atoms with van der Waals surface area (Å²) in [4.78, 5) is 12.5. The Balaban J connectivity index is 1.86. The van der Waals surface area contributed by atoms with Gasteiger partial charge in [-0.1, -0.05) is 43.3 Å². The lowest BCUT2D eigenvalue weighted by atomic mass is 10.0. The van der Waals surface area contributed by atoms with Gasteiger partial charge in [-0.25, -0.2) is 0 Å². The predicted molar refractivity (Wildman–Crippen MR) is 89.1 cm³/mol. The third kappa shape index (κ3) is 2.75. The van der Waals surface area contributed by atoms with E-state index in [9.17, 15) is 4.79 Å². The number of nitrogens with one attached hydrogen (secondary N) is 1. The van der Waals surface area contributed by atoms with Gasteiger partial charge in [0.1, 0.15) is 12.4 Å². The SMILES string of the molecule is CCc1cccc(C)c1NC(=O)C1=Cc2ccccc2OC1. The second-order valence-electron chi connectivity index (χ2n) is 5.41. The smallest absolute Gasteiger partial charge is 0.255 e. The summed E-state index contributed by atoms with van der Waals surface area (Å²) in [5.41, 5.74) is 4.72. The van der Waals surface area contributed by atoms with Crippen molar-refractivity contribution in [3.05, 3.63) is 64.7 Å². The molecule has 0 saturated heterocycles. The van der Waals surface area contributed by atoms with Crippen molar-refractivity contribution in [2.75, 3.05) is 11.9 Å². The molecule has 0 fully saturated rings. The normalized spacial score (nSPS) is 12.9. The first-order valence-corrected chi connectivity index (χ1v) is 7.51. The monoisotopic (exact) mass is 293 g/mol. The molecule has 1 N–H and O–H groups in total. The molecule has 3 rings (SSSR count). The summed E-state index contributed by atoms with van der Waals surface area (Å²) in [6, 6.07) is 13.8. The van der Waals surface area contributed by atoms with Crippen molar-refractivity contribution in [2.45, 2.75) is 20.3 Å². The second-order valence-corrected chi connectivity index (χ2v) is 5.41. The van der Waals surface area contributed by atoms with Crippen LogP contribution >= 0.6 is 0 Å². The van der Waals surface area contributed by atoms with E-state index < -0.39 is 0 Å². The molecule has 0 saturated carbocycles. The Hall–Kier alpha value is -2.55. The maximum atomic E-state index is 12.5. The number of ether oxygens (including phenoxy) is 1. The van der Waals surface area contributed by atoms with Gasteiger partial charge < -0.3 is 10.1 Å². The molecule has 0 atom stereocenters. The van der Waals surface area contributed by atoms with Gasteiger partial charge in [0.15, 0.2) is 0 Å². The van der Waals surface area contributed by atoms with Crippen LogP contribution in [0, 0.1) is 6.92 Å². The highest BCUT2D eigenvalue weighted by molar-refractivity contribution is 6.08. The van der Waals surface area contributed by atoms with Gasteiger partial charge in [0.05, 0.1) is 5.57 Å². The first kappa shape index (κ1) is 14.4. The summed E-state index contributed by atoms with van der Waals surface area (Å²) in [5.74, 6) is 0.725. The average molecular weight is 293 g/mol. The first-order valence-electron chi connectivity index (χ1n) is 7.51. The van der Waals surface area contributed by atoms with Crippen LogP contribution in [0.1, 0.15) is 23.6 Å². The van der Waals surface area contributed by atoms with E-state index in [1.54, 1.807) is 0 Å². The molecule has 0 aromatic heterocycles. The lowest BCUT2D eigenvalue weighted by molar-refractivity contribution is -0.113. The Bertz CT molecular complexity index is 747. The number of para-hydroxylation sites is 2. The van der Waals surface area contributed by atoms with E-state index in [1.165, 1.54) is 0 Å². The van der Waals surface area contributed by atoms with Gasteiger partial charge in [0.25, 0.3) is 5.91 Å². The molecule has 3 heteroatoms. The molecular weight excluding hydrogens is 274 g/mol. The van der Waals surface area contributed by atoms with Crippen molar-refractivity contribution in [1.82, 2.24) is 0 Å². The zero-order valence-electron chi connectivity index (χ0n) is 12.8. The van der Waals surface area contributed by atoms with Crippen molar-refractivity contribution >= 4 is 17.7 Å². The van der Waals surface area contributed by atoms with Gasteiger partial charge >= 0.3 is 0 Å². The molecule has 0 spiro atoms. The molecule has 3 nitrogen and oxygen atoms in total. The van der Waals surface area contributed by atoms with Crippen molar-refractivity contribution < 1.29 is 9.53 Å². The van der Waals surface area contributed by atoms with Crippen LogP contribution in [0.25, 0.3) is 6.08 Å². The Morgan fingerprint density at radius 2 is 2.00 bits per heavy atom. The fourth-order valence-corrected chi connectivity index (χ4v) is 2.64. The number of hydrogen-bond donors (Lipinski definition) is 1. The fourth-order valence-electron chi connectivity index (χ4n) is 2.64. The Morgan fingerprint density at radius 3 is 2.82 bits per heavy atom. The van der Waals surface area contributed by atoms with Crippen LogP contribution in [-0.4, -0.2) is 12.5 Å². The van der Waals surface area contributed by atoms with Crippen molar-refractivity contribution in [2.24, 2.45) is 0 Å². The first-order chi connectivity index (χ1) is 10.7. The van der Waals surface area contributed by atoms with Gasteiger partial charge in [0.2, 0.25) is 0 Å². The summed E-state index contributed by atoms with van der Waals surface area (Å²) in [6.45, 7) is 4.40. The molecule has 1 aliphatic heterocycles. The van der Waals surface area contributed by atoms with Gasteiger partial charge in [-0.2, -0.15) is 0 Å². The molecule has 22 heavy (non-hydrogen) atoms. The number of amides is 1. The molecule has 1 heterocycles. The largest absolute Gasteiger partial charge is 0.488 e. The Morgan fingerprint density at radius 1 is 1.18 bits per heavy atom. The molecule has 0 aliphatic carbocycles. The number of anilines is 1. The number of fused-ring (bicyclic) bond motifs is 1. The quantitative estimate of drug-likeness (QED) is 0.930. The van der Waals surface area contributed by atoms with Crippen LogP contribution in [-0.2, 0) is 11.2 Å². The maximum absolute atomic E-state index is 12.5. The van der Waals surface area contributed by atoms with Crippen molar-refractivity contribution in [3.63, 3.8) is 0 Å². The van der Waals surface area contributed by atoms with E-state index >= 15 is 0 Å². The number of benzene rings is 2. The van der Waals surface area contributed by atoms with E-state index in [4.69, 9.17) is 4.74 Å². The van der Waals surface area contributed by atoms with E-state index in [0.29, 0.717) is 12.2 Å². The molecule has 2 aromatic carbocycles. The highest BCUT2D eigenvalue weighted by Gasteiger charge is 2.18. The van der Waals surface area contributed by atoms with Crippen molar-refractivity contribution in [3.8, 4) is 5.75 Å². The minimum Gasteiger partial charge on any atom is -0.488 e. The molecule has 0 unspecified atom stereocenters. The number of aryl methyl sites for hydroxylation is 2. The molecule has 1 amide bonds. The summed E-state index contributed by atoms with van der Waals surface area (Å²) in [5, 5.41) is 3.04. The topological polar surface area (TPSA) is 38.3 Å². The van der Waals surface area contributed by atoms with Crippen LogP contribution in [0.4, 0.5) is 5.69 Å². The lowest BCUT2D eigenvalue weighted by Crippen LogP contribution is -2.22. The molecular formula is C19H19NO2. The second kappa shape index (κ2) is 6.06. The summed E-state index contributed by atoms with van der Waals surface area (Å²) in [7, 11) is 0. The molecule has 2 aromatic rings. The van der Waals surface area contributed by atoms with Gasteiger partial charge in [-0.3, -0.25) is 4.79 Å². The molecule has 112 valence electrons. The summed E-state index contributed by atoms with van der Waals surface area (Å²) >= 11 is 0. The number of hydrogen-bond acceptors (Lipinski definition) is 2. The van der Waals surface area contributed by atoms with Crippen LogP contribution in [0.5, 0.6) is 5.75 Å². The molecule has 0 bridgehead atoms. The highest BCUT2D eigenvalue weighted by Crippen LogP contribution is 2.27. The Labute approximate surface area is 130 Å². The van der Waals surface area contributed by atoms with Gasteiger partial charge in [-0.15, -0.1) is 0 Å². The van der Waals surface area contributed by atoms with Crippen LogP contribution < -0.4 is 10.1 Å². The standard InChI is InChI=1S/C19H19NO2/c1-3-14-9-6-7-13(2)18(14)20-19(21)16-11-15-8-4-5-10-17(15)22-12-16/h4-11H,3,12H2,1-2H3,(H,20,21). The fraction of sp³-hybridized carbons (Fsp3) is 0.211. The minimum absolute atomic E-state index is 0.0986. The number of carbonyl (C=O) groups excluding carboxylic acids is 1. The van der Waals surface area contributed by atoms with Crippen LogP contribution in [0.2, 0.25) is 0 Å². The minimum atomic E-state index is -0.0986. The van der Waals surface area contributed by atoms with Gasteiger partial charge in [-0.05, 0) is 36.6 Å². The Kier molecular flexibility index (Phi) is 3.96. The van der Waals surface area contributed by atoms with Crippen molar-refractivity contribution in [1.29, 1.82) is 0 Å². The molecule has 1 aliphatic rings. The van der Waals surface area contributed by atoms with E-state index in [0.717, 1.165) is 34.5 Å². The van der Waals surface area contributed by atoms with E-state index in [-0.39, 0.29) is 5.91 Å². The zero-order chi connectivity index (χ0) is 15.5. The summed E-state index contributed by atoms with van der Waals surface area (Å²) < 4.78 is 5.65.